The Morgan fingerprint density at radius 3 is 2.54 bits per heavy atom. The molecule has 7 heteroatoms. The molecule has 126 valence electrons. The number of nitrogens with one attached hydrogen (secondary N) is 1. The summed E-state index contributed by atoms with van der Waals surface area (Å²) in [4.78, 5) is 31.3. The summed E-state index contributed by atoms with van der Waals surface area (Å²) in [6, 6.07) is 7.43. The largest absolute Gasteiger partial charge is 0.497 e. The first kappa shape index (κ1) is 16.0. The van der Waals surface area contributed by atoms with Crippen LogP contribution in [0.5, 0.6) is 5.75 Å². The molecule has 3 rings (SSSR count). The van der Waals surface area contributed by atoms with Crippen molar-refractivity contribution in [2.75, 3.05) is 7.11 Å². The Morgan fingerprint density at radius 2 is 1.92 bits per heavy atom. The number of rotatable bonds is 5. The molecule has 24 heavy (non-hydrogen) atoms. The van der Waals surface area contributed by atoms with Crippen LogP contribution in [0.3, 0.4) is 0 Å². The van der Waals surface area contributed by atoms with Gasteiger partial charge in [0.15, 0.2) is 11.2 Å². The van der Waals surface area contributed by atoms with E-state index < -0.39 is 11.2 Å². The standard InChI is InChI=1S/C17H20N4O3/c1-4-5-10-21-15-13(16(22)19-17(21)23)20(2)14(18-15)11-6-8-12(24-3)9-7-11/h6-9H,4-5,10H2,1-3H3,(H,19,22,23). The highest BCUT2D eigenvalue weighted by atomic mass is 16.5. The average molecular weight is 328 g/mol. The van der Waals surface area contributed by atoms with Crippen LogP contribution in [0.25, 0.3) is 22.6 Å². The predicted octanol–water partition coefficient (Wildman–Crippen LogP) is 1.90. The number of hydrogen-bond donors (Lipinski definition) is 1. The molecule has 2 heterocycles. The van der Waals surface area contributed by atoms with Gasteiger partial charge in [0.05, 0.1) is 7.11 Å². The highest BCUT2D eigenvalue weighted by Crippen LogP contribution is 2.23. The third-order valence-corrected chi connectivity index (χ3v) is 4.10. The molecule has 0 saturated carbocycles. The van der Waals surface area contributed by atoms with E-state index in [4.69, 9.17) is 4.74 Å². The Bertz CT molecular complexity index is 980. The van der Waals surface area contributed by atoms with Gasteiger partial charge in [0, 0.05) is 19.2 Å². The maximum Gasteiger partial charge on any atom is 0.330 e. The number of imidazole rings is 1. The van der Waals surface area contributed by atoms with E-state index in [1.54, 1.807) is 18.7 Å². The summed E-state index contributed by atoms with van der Waals surface area (Å²) in [5.41, 5.74) is 0.836. The average Bonchev–Trinajstić information content (AvgIpc) is 2.92. The van der Waals surface area contributed by atoms with Crippen LogP contribution in [0, 0.1) is 0 Å². The van der Waals surface area contributed by atoms with Crippen LogP contribution in [-0.4, -0.2) is 26.2 Å². The van der Waals surface area contributed by atoms with E-state index in [-0.39, 0.29) is 0 Å². The Morgan fingerprint density at radius 1 is 1.21 bits per heavy atom. The lowest BCUT2D eigenvalue weighted by atomic mass is 10.2. The third-order valence-electron chi connectivity index (χ3n) is 4.10. The Balaban J connectivity index is 2.23. The van der Waals surface area contributed by atoms with Gasteiger partial charge in [0.1, 0.15) is 11.6 Å². The van der Waals surface area contributed by atoms with Crippen LogP contribution < -0.4 is 16.0 Å². The van der Waals surface area contributed by atoms with Crippen molar-refractivity contribution in [2.45, 2.75) is 26.3 Å². The number of fused-ring (bicyclic) bond motifs is 1. The molecular weight excluding hydrogens is 308 g/mol. The van der Waals surface area contributed by atoms with Crippen molar-refractivity contribution in [3.8, 4) is 17.1 Å². The smallest absolute Gasteiger partial charge is 0.330 e. The van der Waals surface area contributed by atoms with Crippen molar-refractivity contribution in [1.82, 2.24) is 19.1 Å². The van der Waals surface area contributed by atoms with E-state index in [1.165, 1.54) is 4.57 Å². The first-order chi connectivity index (χ1) is 11.6. The van der Waals surface area contributed by atoms with Gasteiger partial charge in [-0.1, -0.05) is 13.3 Å². The Labute approximate surface area is 138 Å². The lowest BCUT2D eigenvalue weighted by Crippen LogP contribution is -2.31. The normalized spacial score (nSPS) is 11.1. The summed E-state index contributed by atoms with van der Waals surface area (Å²) in [6.45, 7) is 2.58. The van der Waals surface area contributed by atoms with Crippen molar-refractivity contribution >= 4 is 11.2 Å². The molecule has 0 bridgehead atoms. The number of ether oxygens (including phenoxy) is 1. The first-order valence-corrected chi connectivity index (χ1v) is 7.90. The molecule has 2 aromatic heterocycles. The molecule has 0 fully saturated rings. The summed E-state index contributed by atoms with van der Waals surface area (Å²) in [5, 5.41) is 0. The van der Waals surface area contributed by atoms with E-state index in [1.807, 2.05) is 24.3 Å². The lowest BCUT2D eigenvalue weighted by Gasteiger charge is -2.04. The number of aromatic amines is 1. The quantitative estimate of drug-likeness (QED) is 0.775. The molecule has 0 aliphatic rings. The molecule has 0 atom stereocenters. The minimum Gasteiger partial charge on any atom is -0.497 e. The highest BCUT2D eigenvalue weighted by molar-refractivity contribution is 5.76. The number of H-pyrrole nitrogens is 1. The van der Waals surface area contributed by atoms with Gasteiger partial charge < -0.3 is 9.30 Å². The van der Waals surface area contributed by atoms with Crippen molar-refractivity contribution in [2.24, 2.45) is 7.05 Å². The van der Waals surface area contributed by atoms with Crippen LogP contribution in [0.15, 0.2) is 33.9 Å². The van der Waals surface area contributed by atoms with Crippen molar-refractivity contribution in [1.29, 1.82) is 0 Å². The van der Waals surface area contributed by atoms with Gasteiger partial charge in [0.2, 0.25) is 0 Å². The monoisotopic (exact) mass is 328 g/mol. The summed E-state index contributed by atoms with van der Waals surface area (Å²) in [7, 11) is 3.38. The van der Waals surface area contributed by atoms with E-state index in [9.17, 15) is 9.59 Å². The fourth-order valence-corrected chi connectivity index (χ4v) is 2.77. The Hall–Kier alpha value is -2.83. The van der Waals surface area contributed by atoms with Crippen molar-refractivity contribution in [3.05, 3.63) is 45.1 Å². The third kappa shape index (κ3) is 2.62. The van der Waals surface area contributed by atoms with Crippen molar-refractivity contribution in [3.63, 3.8) is 0 Å². The molecule has 1 aromatic carbocycles. The number of benzene rings is 1. The van der Waals surface area contributed by atoms with Gasteiger partial charge in [-0.3, -0.25) is 14.3 Å². The number of aromatic nitrogens is 4. The molecule has 0 aliphatic heterocycles. The SMILES string of the molecule is CCCCn1c(=O)[nH]c(=O)c2c1nc(-c1ccc(OC)cc1)n2C. The molecule has 0 radical (unpaired) electrons. The second kappa shape index (κ2) is 6.35. The summed E-state index contributed by atoms with van der Waals surface area (Å²) >= 11 is 0. The van der Waals surface area contributed by atoms with E-state index in [2.05, 4.69) is 16.9 Å². The highest BCUT2D eigenvalue weighted by Gasteiger charge is 2.17. The minimum atomic E-state index is -0.419. The van der Waals surface area contributed by atoms with Gasteiger partial charge in [-0.15, -0.1) is 0 Å². The summed E-state index contributed by atoms with van der Waals surface area (Å²) in [6.07, 6.45) is 1.79. The zero-order chi connectivity index (χ0) is 17.3. The van der Waals surface area contributed by atoms with Gasteiger partial charge in [-0.2, -0.15) is 0 Å². The molecular formula is C17H20N4O3. The number of methoxy groups -OCH3 is 1. The summed E-state index contributed by atoms with van der Waals surface area (Å²) in [5.74, 6) is 1.38. The fourth-order valence-electron chi connectivity index (χ4n) is 2.77. The van der Waals surface area contributed by atoms with Crippen LogP contribution in [0.4, 0.5) is 0 Å². The van der Waals surface area contributed by atoms with Crippen LogP contribution >= 0.6 is 0 Å². The second-order valence-electron chi connectivity index (χ2n) is 5.66. The van der Waals surface area contributed by atoms with E-state index >= 15 is 0 Å². The molecule has 1 N–H and O–H groups in total. The van der Waals surface area contributed by atoms with Crippen LogP contribution in [-0.2, 0) is 13.6 Å². The zero-order valence-electron chi connectivity index (χ0n) is 14.0. The minimum absolute atomic E-state index is 0.400. The topological polar surface area (TPSA) is 81.9 Å². The van der Waals surface area contributed by atoms with E-state index in [0.717, 1.165) is 24.2 Å². The van der Waals surface area contributed by atoms with Gasteiger partial charge in [-0.25, -0.2) is 9.78 Å². The van der Waals surface area contributed by atoms with E-state index in [0.29, 0.717) is 23.5 Å². The predicted molar refractivity (Wildman–Crippen MR) is 92.5 cm³/mol. The molecule has 0 unspecified atom stereocenters. The maximum absolute atomic E-state index is 12.2. The molecule has 3 aromatic rings. The van der Waals surface area contributed by atoms with Gasteiger partial charge in [-0.05, 0) is 30.7 Å². The second-order valence-corrected chi connectivity index (χ2v) is 5.66. The Kier molecular flexibility index (Phi) is 4.24. The fraction of sp³-hybridized carbons (Fsp3) is 0.353. The zero-order valence-corrected chi connectivity index (χ0v) is 14.0. The van der Waals surface area contributed by atoms with Crippen LogP contribution in [0.2, 0.25) is 0 Å². The number of unbranched alkanes of at least 4 members (excludes halogenated alkanes) is 1. The first-order valence-electron chi connectivity index (χ1n) is 7.90. The van der Waals surface area contributed by atoms with Gasteiger partial charge >= 0.3 is 5.69 Å². The number of aryl methyl sites for hydroxylation is 2. The number of nitrogens with zero attached hydrogens (tertiary/aromatic N) is 3. The van der Waals surface area contributed by atoms with Crippen molar-refractivity contribution < 1.29 is 4.74 Å². The molecule has 0 amide bonds. The van der Waals surface area contributed by atoms with Gasteiger partial charge in [0.25, 0.3) is 5.56 Å². The van der Waals surface area contributed by atoms with Crippen LogP contribution in [0.1, 0.15) is 19.8 Å². The molecule has 7 nitrogen and oxygen atoms in total. The summed E-state index contributed by atoms with van der Waals surface area (Å²) < 4.78 is 8.42. The lowest BCUT2D eigenvalue weighted by molar-refractivity contribution is 0.415. The molecule has 0 spiro atoms. The molecule has 0 aliphatic carbocycles. The molecule has 0 saturated heterocycles. The maximum atomic E-state index is 12.2. The number of hydrogen-bond acceptors (Lipinski definition) is 4.